The lowest BCUT2D eigenvalue weighted by Crippen LogP contribution is -2.16. The van der Waals surface area contributed by atoms with E-state index in [-0.39, 0.29) is 28.5 Å². The number of hydrogen-bond acceptors (Lipinski definition) is 5. The summed E-state index contributed by atoms with van der Waals surface area (Å²) in [6.45, 7) is 0.294. The number of benzene rings is 2. The number of alkyl halides is 3. The first-order valence-electron chi connectivity index (χ1n) is 10.4. The summed E-state index contributed by atoms with van der Waals surface area (Å²) in [4.78, 5) is 20.9. The van der Waals surface area contributed by atoms with Crippen LogP contribution in [0.25, 0.3) is 16.9 Å². The summed E-state index contributed by atoms with van der Waals surface area (Å²) >= 11 is 6.14. The Bertz CT molecular complexity index is 1580. The lowest BCUT2D eigenvalue weighted by atomic mass is 10.1. The highest BCUT2D eigenvalue weighted by Gasteiger charge is 2.35. The number of carbonyl (C=O) groups excluding carboxylic acids is 1. The number of fused-ring (bicyclic) bond motifs is 1. The van der Waals surface area contributed by atoms with Crippen molar-refractivity contribution in [2.24, 2.45) is 0 Å². The van der Waals surface area contributed by atoms with Crippen molar-refractivity contribution in [1.82, 2.24) is 29.4 Å². The smallest absolute Gasteiger partial charge is 0.288 e. The van der Waals surface area contributed by atoms with Crippen molar-refractivity contribution in [2.45, 2.75) is 12.7 Å². The predicted octanol–water partition coefficient (Wildman–Crippen LogP) is 5.10. The van der Waals surface area contributed by atoms with Gasteiger partial charge in [-0.3, -0.25) is 10.1 Å². The molecule has 0 bridgehead atoms. The van der Waals surface area contributed by atoms with Gasteiger partial charge in [-0.15, -0.1) is 5.10 Å². The molecule has 36 heavy (non-hydrogen) atoms. The van der Waals surface area contributed by atoms with Crippen molar-refractivity contribution >= 4 is 29.1 Å². The summed E-state index contributed by atoms with van der Waals surface area (Å²) in [5, 5.41) is 10.9. The molecule has 3 heterocycles. The zero-order valence-electron chi connectivity index (χ0n) is 18.0. The van der Waals surface area contributed by atoms with Crippen LogP contribution in [0.2, 0.25) is 5.02 Å². The van der Waals surface area contributed by atoms with Gasteiger partial charge in [0, 0.05) is 16.7 Å². The Morgan fingerprint density at radius 2 is 1.78 bits per heavy atom. The normalized spacial score (nSPS) is 11.7. The molecule has 0 atom stereocenters. The number of carbonyl (C=O) groups is 1. The number of anilines is 1. The van der Waals surface area contributed by atoms with Gasteiger partial charge in [-0.1, -0.05) is 29.8 Å². The quantitative estimate of drug-likeness (QED) is 0.329. The monoisotopic (exact) mass is 515 g/mol. The first-order chi connectivity index (χ1) is 17.2. The fraction of sp³-hybridized carbons (Fsp3) is 0.0870. The van der Waals surface area contributed by atoms with Gasteiger partial charge < -0.3 is 0 Å². The molecule has 0 aliphatic carbocycles. The summed E-state index contributed by atoms with van der Waals surface area (Å²) < 4.78 is 56.5. The number of aromatic nitrogens is 6. The van der Waals surface area contributed by atoms with Gasteiger partial charge in [0.25, 0.3) is 5.91 Å². The summed E-state index contributed by atoms with van der Waals surface area (Å²) in [5.74, 6) is -1.44. The molecule has 182 valence electrons. The van der Waals surface area contributed by atoms with E-state index in [1.807, 2.05) is 12.1 Å². The van der Waals surface area contributed by atoms with E-state index in [0.29, 0.717) is 16.1 Å². The Morgan fingerprint density at radius 3 is 2.50 bits per heavy atom. The first-order valence-corrected chi connectivity index (χ1v) is 10.7. The summed E-state index contributed by atoms with van der Waals surface area (Å²) in [6, 6.07) is 13.9. The Balaban J connectivity index is 1.43. The average molecular weight is 516 g/mol. The molecular weight excluding hydrogens is 502 g/mol. The van der Waals surface area contributed by atoms with Gasteiger partial charge >= 0.3 is 6.18 Å². The molecule has 0 saturated carbocycles. The number of nitrogens with one attached hydrogen (secondary N) is 1. The lowest BCUT2D eigenvalue weighted by Gasteiger charge is -2.11. The third kappa shape index (κ3) is 4.75. The van der Waals surface area contributed by atoms with Crippen molar-refractivity contribution < 1.29 is 22.4 Å². The van der Waals surface area contributed by atoms with Crippen LogP contribution < -0.4 is 5.32 Å². The molecule has 0 fully saturated rings. The number of nitrogens with zero attached hydrogens (tertiary/aromatic N) is 6. The molecule has 0 aliphatic heterocycles. The van der Waals surface area contributed by atoms with E-state index < -0.39 is 23.6 Å². The van der Waals surface area contributed by atoms with Gasteiger partial charge in [0.1, 0.15) is 12.1 Å². The van der Waals surface area contributed by atoms with Crippen LogP contribution in [-0.4, -0.2) is 35.3 Å². The topological polar surface area (TPSA) is 90.0 Å². The van der Waals surface area contributed by atoms with Crippen molar-refractivity contribution in [3.05, 3.63) is 94.8 Å². The third-order valence-electron chi connectivity index (χ3n) is 5.14. The molecule has 0 saturated heterocycles. The van der Waals surface area contributed by atoms with Crippen LogP contribution >= 0.6 is 11.6 Å². The maximum Gasteiger partial charge on any atom is 0.433 e. The maximum atomic E-state index is 13.8. The fourth-order valence-electron chi connectivity index (χ4n) is 3.45. The van der Waals surface area contributed by atoms with Gasteiger partial charge in [0.2, 0.25) is 5.95 Å². The Labute approximate surface area is 205 Å². The van der Waals surface area contributed by atoms with Crippen LogP contribution in [0.5, 0.6) is 0 Å². The largest absolute Gasteiger partial charge is 0.433 e. The molecule has 0 unspecified atom stereocenters. The molecule has 3 aromatic heterocycles. The summed E-state index contributed by atoms with van der Waals surface area (Å²) in [6.07, 6.45) is -3.42. The van der Waals surface area contributed by atoms with E-state index >= 15 is 0 Å². The molecule has 0 radical (unpaired) electrons. The second-order valence-corrected chi connectivity index (χ2v) is 8.05. The number of halogens is 5. The van der Waals surface area contributed by atoms with Crippen LogP contribution in [0.3, 0.4) is 0 Å². The van der Waals surface area contributed by atoms with Gasteiger partial charge in [-0.25, -0.2) is 23.6 Å². The number of amides is 1. The maximum absolute atomic E-state index is 13.8. The van der Waals surface area contributed by atoms with E-state index in [2.05, 4.69) is 25.5 Å². The standard InChI is InChI=1S/C23H14ClF4N7O/c24-16-4-2-1-3-14(16)11-34-12-29-22(33-34)31-21(36)18-10-20-30-17(13-5-7-15(25)8-6-13)9-19(23(26,27)28)35(20)32-18/h1-10,12H,11H2,(H,31,33,36). The van der Waals surface area contributed by atoms with Gasteiger partial charge in [-0.2, -0.15) is 18.3 Å². The molecule has 0 aliphatic rings. The minimum atomic E-state index is -4.80. The van der Waals surface area contributed by atoms with Crippen molar-refractivity contribution in [3.8, 4) is 11.3 Å². The first kappa shape index (κ1) is 23.4. The molecule has 2 aromatic carbocycles. The minimum Gasteiger partial charge on any atom is -0.288 e. The minimum absolute atomic E-state index is 0.0540. The van der Waals surface area contributed by atoms with E-state index in [4.69, 9.17) is 11.6 Å². The van der Waals surface area contributed by atoms with Crippen LogP contribution in [0.1, 0.15) is 21.7 Å². The van der Waals surface area contributed by atoms with Crippen LogP contribution in [0.15, 0.2) is 67.0 Å². The van der Waals surface area contributed by atoms with Gasteiger partial charge in [-0.05, 0) is 42.0 Å². The van der Waals surface area contributed by atoms with Crippen molar-refractivity contribution in [3.63, 3.8) is 0 Å². The van der Waals surface area contributed by atoms with Gasteiger partial charge in [0.05, 0.1) is 12.2 Å². The van der Waals surface area contributed by atoms with Crippen molar-refractivity contribution in [2.75, 3.05) is 5.32 Å². The zero-order chi connectivity index (χ0) is 25.4. The number of hydrogen-bond donors (Lipinski definition) is 1. The molecule has 1 amide bonds. The van der Waals surface area contributed by atoms with Crippen LogP contribution in [0.4, 0.5) is 23.5 Å². The highest BCUT2D eigenvalue weighted by atomic mass is 35.5. The van der Waals surface area contributed by atoms with E-state index in [1.165, 1.54) is 23.1 Å². The Kier molecular flexibility index (Phi) is 5.88. The second-order valence-electron chi connectivity index (χ2n) is 7.64. The molecular formula is C23H14ClF4N7O. The zero-order valence-corrected chi connectivity index (χ0v) is 18.8. The Morgan fingerprint density at radius 1 is 1.03 bits per heavy atom. The molecule has 13 heteroatoms. The highest BCUT2D eigenvalue weighted by Crippen LogP contribution is 2.32. The second kappa shape index (κ2) is 9.04. The molecule has 0 spiro atoms. The van der Waals surface area contributed by atoms with Crippen LogP contribution in [0, 0.1) is 5.82 Å². The molecule has 5 rings (SSSR count). The fourth-order valence-corrected chi connectivity index (χ4v) is 3.65. The Hall–Kier alpha value is -4.32. The van der Waals surface area contributed by atoms with E-state index in [9.17, 15) is 22.4 Å². The predicted molar refractivity (Wildman–Crippen MR) is 122 cm³/mol. The lowest BCUT2D eigenvalue weighted by molar-refractivity contribution is -0.142. The third-order valence-corrected chi connectivity index (χ3v) is 5.51. The SMILES string of the molecule is O=C(Nc1ncn(Cc2ccccc2Cl)n1)c1cc2nc(-c3ccc(F)cc3)cc(C(F)(F)F)n2n1. The van der Waals surface area contributed by atoms with E-state index in [0.717, 1.165) is 29.8 Å². The van der Waals surface area contributed by atoms with Crippen molar-refractivity contribution in [1.29, 1.82) is 0 Å². The molecule has 8 nitrogen and oxygen atoms in total. The molecule has 1 N–H and O–H groups in total. The summed E-state index contributed by atoms with van der Waals surface area (Å²) in [5.41, 5.74) is -0.692. The van der Waals surface area contributed by atoms with Crippen LogP contribution in [-0.2, 0) is 12.7 Å². The summed E-state index contributed by atoms with van der Waals surface area (Å²) in [7, 11) is 0. The van der Waals surface area contributed by atoms with E-state index in [1.54, 1.807) is 12.1 Å². The highest BCUT2D eigenvalue weighted by molar-refractivity contribution is 6.31. The van der Waals surface area contributed by atoms with Gasteiger partial charge in [0.15, 0.2) is 17.0 Å². The number of rotatable bonds is 5. The molecule has 5 aromatic rings. The average Bonchev–Trinajstić information content (AvgIpc) is 3.46.